The number of rotatable bonds is 6. The lowest BCUT2D eigenvalue weighted by Crippen LogP contribution is -2.44. The number of hydrogen-bond donors (Lipinski definition) is 1. The predicted molar refractivity (Wildman–Crippen MR) is 92.7 cm³/mol. The number of aryl methyl sites for hydroxylation is 1. The largest absolute Gasteiger partial charge is 0.495 e. The van der Waals surface area contributed by atoms with E-state index in [9.17, 15) is 14.4 Å². The molecule has 1 atom stereocenters. The van der Waals surface area contributed by atoms with Crippen LogP contribution in [-0.2, 0) is 14.4 Å². The Morgan fingerprint density at radius 2 is 2.08 bits per heavy atom. The molecule has 1 aromatic rings. The molecule has 0 bridgehead atoms. The summed E-state index contributed by atoms with van der Waals surface area (Å²) in [5.74, 6) is -1.53. The Bertz CT molecular complexity index is 686. The number of amides is 2. The molecule has 1 fully saturated rings. The van der Waals surface area contributed by atoms with Crippen molar-refractivity contribution < 1.29 is 24.2 Å². The summed E-state index contributed by atoms with van der Waals surface area (Å²) in [6, 6.07) is 5.28. The highest BCUT2D eigenvalue weighted by Gasteiger charge is 2.39. The van der Waals surface area contributed by atoms with Gasteiger partial charge in [0.2, 0.25) is 11.8 Å². The first kappa shape index (κ1) is 18.8. The maximum atomic E-state index is 12.7. The van der Waals surface area contributed by atoms with Crippen LogP contribution in [0.4, 0.5) is 5.69 Å². The monoisotopic (exact) mass is 348 g/mol. The zero-order valence-corrected chi connectivity index (χ0v) is 15.0. The second kappa shape index (κ2) is 7.55. The molecule has 25 heavy (non-hydrogen) atoms. The molecule has 0 aromatic heterocycles. The minimum atomic E-state index is -1.07. The molecular weight excluding hydrogens is 324 g/mol. The topological polar surface area (TPSA) is 87.2 Å². The van der Waals surface area contributed by atoms with Gasteiger partial charge in [-0.15, -0.1) is 0 Å². The molecule has 1 unspecified atom stereocenters. The zero-order valence-electron chi connectivity index (χ0n) is 15.0. The van der Waals surface area contributed by atoms with E-state index in [1.807, 2.05) is 19.1 Å². The Morgan fingerprint density at radius 3 is 2.64 bits per heavy atom. The summed E-state index contributed by atoms with van der Waals surface area (Å²) in [4.78, 5) is 39.1. The van der Waals surface area contributed by atoms with Gasteiger partial charge in [0.1, 0.15) is 12.3 Å². The molecule has 0 saturated carbocycles. The molecule has 2 amide bonds. The molecule has 1 saturated heterocycles. The van der Waals surface area contributed by atoms with Crippen molar-refractivity contribution >= 4 is 23.5 Å². The Morgan fingerprint density at radius 1 is 1.40 bits per heavy atom. The normalized spacial score (nSPS) is 17.1. The average Bonchev–Trinajstić information content (AvgIpc) is 2.93. The quantitative estimate of drug-likeness (QED) is 0.845. The SMILES string of the molecule is COc1ccc(C)cc1N1CC(C(=O)N(CC(=O)O)C(C)C)CC1=O. The van der Waals surface area contributed by atoms with Crippen LogP contribution in [0.2, 0.25) is 0 Å². The van der Waals surface area contributed by atoms with E-state index in [1.165, 1.54) is 12.0 Å². The Hall–Kier alpha value is -2.57. The van der Waals surface area contributed by atoms with Crippen molar-refractivity contribution in [2.75, 3.05) is 25.1 Å². The number of aliphatic carboxylic acids is 1. The number of benzene rings is 1. The molecule has 136 valence electrons. The number of hydrogen-bond acceptors (Lipinski definition) is 4. The third-order valence-corrected chi connectivity index (χ3v) is 4.31. The van der Waals surface area contributed by atoms with E-state index < -0.39 is 11.9 Å². The van der Waals surface area contributed by atoms with Crippen molar-refractivity contribution in [3.63, 3.8) is 0 Å². The van der Waals surface area contributed by atoms with E-state index in [4.69, 9.17) is 9.84 Å². The first-order chi connectivity index (χ1) is 11.7. The number of anilines is 1. The molecule has 0 spiro atoms. The van der Waals surface area contributed by atoms with Crippen LogP contribution in [0.5, 0.6) is 5.75 Å². The van der Waals surface area contributed by atoms with E-state index >= 15 is 0 Å². The van der Waals surface area contributed by atoms with Gasteiger partial charge in [-0.25, -0.2) is 0 Å². The summed E-state index contributed by atoms with van der Waals surface area (Å²) in [7, 11) is 1.53. The molecular formula is C18H24N2O5. The van der Waals surface area contributed by atoms with E-state index in [1.54, 1.807) is 24.8 Å². The first-order valence-corrected chi connectivity index (χ1v) is 8.21. The molecule has 1 N–H and O–H groups in total. The second-order valence-corrected chi connectivity index (χ2v) is 6.53. The fourth-order valence-corrected chi connectivity index (χ4v) is 3.01. The van der Waals surface area contributed by atoms with E-state index in [2.05, 4.69) is 0 Å². The molecule has 1 aliphatic rings. The molecule has 1 aliphatic heterocycles. The first-order valence-electron chi connectivity index (χ1n) is 8.21. The summed E-state index contributed by atoms with van der Waals surface area (Å²) in [6.45, 7) is 5.30. The van der Waals surface area contributed by atoms with Crippen LogP contribution < -0.4 is 9.64 Å². The average molecular weight is 348 g/mol. The predicted octanol–water partition coefficient (Wildman–Crippen LogP) is 1.68. The van der Waals surface area contributed by atoms with Gasteiger partial charge in [-0.3, -0.25) is 14.4 Å². The molecule has 1 heterocycles. The van der Waals surface area contributed by atoms with Crippen molar-refractivity contribution in [1.29, 1.82) is 0 Å². The Labute approximate surface area is 147 Å². The van der Waals surface area contributed by atoms with Crippen molar-refractivity contribution in [3.8, 4) is 5.75 Å². The van der Waals surface area contributed by atoms with Crippen LogP contribution in [0.1, 0.15) is 25.8 Å². The third-order valence-electron chi connectivity index (χ3n) is 4.31. The van der Waals surface area contributed by atoms with Gasteiger partial charge in [-0.2, -0.15) is 0 Å². The van der Waals surface area contributed by atoms with Crippen LogP contribution in [0.15, 0.2) is 18.2 Å². The van der Waals surface area contributed by atoms with Gasteiger partial charge in [-0.1, -0.05) is 6.07 Å². The highest BCUT2D eigenvalue weighted by Crippen LogP contribution is 2.34. The fourth-order valence-electron chi connectivity index (χ4n) is 3.01. The van der Waals surface area contributed by atoms with Crippen molar-refractivity contribution in [1.82, 2.24) is 4.90 Å². The molecule has 0 aliphatic carbocycles. The lowest BCUT2D eigenvalue weighted by atomic mass is 10.1. The van der Waals surface area contributed by atoms with Crippen molar-refractivity contribution in [3.05, 3.63) is 23.8 Å². The number of methoxy groups -OCH3 is 1. The molecule has 7 nitrogen and oxygen atoms in total. The number of carbonyl (C=O) groups is 3. The van der Waals surface area contributed by atoms with Gasteiger partial charge in [0, 0.05) is 19.0 Å². The standard InChI is InChI=1S/C18H24N2O5/c1-11(2)19(10-17(22)23)18(24)13-8-16(21)20(9-13)14-7-12(3)5-6-15(14)25-4/h5-7,11,13H,8-10H2,1-4H3,(H,22,23). The highest BCUT2D eigenvalue weighted by atomic mass is 16.5. The number of carboxylic acids is 1. The number of carbonyl (C=O) groups excluding carboxylic acids is 2. The Kier molecular flexibility index (Phi) is 5.66. The maximum Gasteiger partial charge on any atom is 0.323 e. The van der Waals surface area contributed by atoms with E-state index in [0.717, 1.165) is 5.56 Å². The van der Waals surface area contributed by atoms with Gasteiger partial charge < -0.3 is 19.6 Å². The summed E-state index contributed by atoms with van der Waals surface area (Å²) >= 11 is 0. The smallest absolute Gasteiger partial charge is 0.323 e. The number of carboxylic acid groups (broad SMARTS) is 1. The Balaban J connectivity index is 2.23. The van der Waals surface area contributed by atoms with Crippen molar-refractivity contribution in [2.24, 2.45) is 5.92 Å². The number of ether oxygens (including phenoxy) is 1. The third kappa shape index (κ3) is 4.10. The van der Waals surface area contributed by atoms with Crippen LogP contribution >= 0.6 is 0 Å². The summed E-state index contributed by atoms with van der Waals surface area (Å²) < 4.78 is 5.33. The van der Waals surface area contributed by atoms with Crippen LogP contribution in [0.3, 0.4) is 0 Å². The van der Waals surface area contributed by atoms with Crippen LogP contribution in [-0.4, -0.2) is 54.0 Å². The van der Waals surface area contributed by atoms with Gasteiger partial charge in [0.15, 0.2) is 0 Å². The second-order valence-electron chi connectivity index (χ2n) is 6.53. The summed E-state index contributed by atoms with van der Waals surface area (Å²) in [6.07, 6.45) is 0.0682. The van der Waals surface area contributed by atoms with Gasteiger partial charge in [-0.05, 0) is 38.5 Å². The highest BCUT2D eigenvalue weighted by molar-refractivity contribution is 6.01. The van der Waals surface area contributed by atoms with Gasteiger partial charge >= 0.3 is 5.97 Å². The lowest BCUT2D eigenvalue weighted by molar-refractivity contribution is -0.147. The zero-order chi connectivity index (χ0) is 18.7. The number of nitrogens with zero attached hydrogens (tertiary/aromatic N) is 2. The molecule has 1 aromatic carbocycles. The van der Waals surface area contributed by atoms with Crippen LogP contribution in [0.25, 0.3) is 0 Å². The minimum Gasteiger partial charge on any atom is -0.495 e. The summed E-state index contributed by atoms with van der Waals surface area (Å²) in [5.41, 5.74) is 1.62. The lowest BCUT2D eigenvalue weighted by Gasteiger charge is -2.27. The van der Waals surface area contributed by atoms with Gasteiger partial charge in [0.25, 0.3) is 0 Å². The molecule has 0 radical (unpaired) electrons. The maximum absolute atomic E-state index is 12.7. The fraction of sp³-hybridized carbons (Fsp3) is 0.500. The molecule has 2 rings (SSSR count). The van der Waals surface area contributed by atoms with Gasteiger partial charge in [0.05, 0.1) is 18.7 Å². The summed E-state index contributed by atoms with van der Waals surface area (Å²) in [5, 5.41) is 9.02. The van der Waals surface area contributed by atoms with E-state index in [-0.39, 0.29) is 37.4 Å². The minimum absolute atomic E-state index is 0.0682. The van der Waals surface area contributed by atoms with E-state index in [0.29, 0.717) is 11.4 Å². The van der Waals surface area contributed by atoms with Crippen LogP contribution in [0, 0.1) is 12.8 Å². The molecule has 7 heteroatoms. The van der Waals surface area contributed by atoms with Crippen molar-refractivity contribution in [2.45, 2.75) is 33.2 Å².